The van der Waals surface area contributed by atoms with Crippen LogP contribution < -0.4 is 0 Å². The molecule has 0 aliphatic carbocycles. The smallest absolute Gasteiger partial charge is 0.306 e. The number of hydrogen-bond acceptors (Lipinski definition) is 6. The average Bonchev–Trinajstić information content (AvgIpc) is 3.27. The Balaban J connectivity index is 4.18. The third-order valence-electron chi connectivity index (χ3n) is 13.4. The summed E-state index contributed by atoms with van der Waals surface area (Å²) in [6.45, 7) is 11.4. The van der Waals surface area contributed by atoms with Gasteiger partial charge in [0.15, 0.2) is 6.10 Å². The third-order valence-corrected chi connectivity index (χ3v) is 13.4. The number of rotatable bonds is 50. The molecule has 0 radical (unpaired) electrons. The Hall–Kier alpha value is -1.59. The van der Waals surface area contributed by atoms with Gasteiger partial charge in [0, 0.05) is 19.3 Å². The summed E-state index contributed by atoms with van der Waals surface area (Å²) < 4.78 is 16.8. The molecule has 0 aromatic rings. The van der Waals surface area contributed by atoms with Crippen LogP contribution in [0.5, 0.6) is 0 Å². The molecule has 0 spiro atoms. The normalized spacial score (nSPS) is 12.9. The zero-order valence-electron chi connectivity index (χ0n) is 42.5. The molecular formula is C56H108O6. The molecule has 0 fully saturated rings. The lowest BCUT2D eigenvalue weighted by atomic mass is 9.99. The zero-order chi connectivity index (χ0) is 45.4. The van der Waals surface area contributed by atoms with Gasteiger partial charge in [0.25, 0.3) is 0 Å². The first-order valence-corrected chi connectivity index (χ1v) is 27.8. The third kappa shape index (κ3) is 46.4. The van der Waals surface area contributed by atoms with E-state index < -0.39 is 6.10 Å². The number of carbonyl (C=O) groups is 3. The highest BCUT2D eigenvalue weighted by molar-refractivity contribution is 5.71. The van der Waals surface area contributed by atoms with Gasteiger partial charge < -0.3 is 14.2 Å². The molecule has 0 aromatic carbocycles. The van der Waals surface area contributed by atoms with Crippen molar-refractivity contribution in [3.8, 4) is 0 Å². The van der Waals surface area contributed by atoms with Crippen molar-refractivity contribution in [3.63, 3.8) is 0 Å². The number of unbranched alkanes of at least 4 members (excludes halogenated alkanes) is 33. The summed E-state index contributed by atoms with van der Waals surface area (Å²) in [5, 5.41) is 0. The van der Waals surface area contributed by atoms with E-state index in [-0.39, 0.29) is 31.1 Å². The van der Waals surface area contributed by atoms with Crippen molar-refractivity contribution in [2.24, 2.45) is 11.8 Å². The van der Waals surface area contributed by atoms with Crippen LogP contribution in [0.4, 0.5) is 0 Å². The molecule has 0 amide bonds. The summed E-state index contributed by atoms with van der Waals surface area (Å²) in [4.78, 5) is 38.0. The molecule has 0 bridgehead atoms. The predicted molar refractivity (Wildman–Crippen MR) is 266 cm³/mol. The fourth-order valence-electron chi connectivity index (χ4n) is 8.46. The minimum absolute atomic E-state index is 0.0638. The quantitative estimate of drug-likeness (QED) is 0.0344. The van der Waals surface area contributed by atoms with Crippen LogP contribution in [0.3, 0.4) is 0 Å². The predicted octanol–water partition coefficient (Wildman–Crippen LogP) is 18.1. The maximum absolute atomic E-state index is 12.8. The second-order valence-electron chi connectivity index (χ2n) is 19.7. The summed E-state index contributed by atoms with van der Waals surface area (Å²) in [6.07, 6.45) is 50.9. The van der Waals surface area contributed by atoms with Gasteiger partial charge in [-0.1, -0.05) is 272 Å². The van der Waals surface area contributed by atoms with Crippen molar-refractivity contribution in [1.82, 2.24) is 0 Å². The van der Waals surface area contributed by atoms with Crippen molar-refractivity contribution in [1.29, 1.82) is 0 Å². The fourth-order valence-corrected chi connectivity index (χ4v) is 8.46. The van der Waals surface area contributed by atoms with Gasteiger partial charge in [0.1, 0.15) is 13.2 Å². The Kier molecular flexibility index (Phi) is 47.6. The van der Waals surface area contributed by atoms with Crippen molar-refractivity contribution in [2.45, 2.75) is 317 Å². The van der Waals surface area contributed by atoms with Crippen molar-refractivity contribution >= 4 is 17.9 Å². The first kappa shape index (κ1) is 60.4. The molecule has 0 aliphatic heterocycles. The summed E-state index contributed by atoms with van der Waals surface area (Å²) in [5.41, 5.74) is 0. The van der Waals surface area contributed by atoms with Gasteiger partial charge in [-0.2, -0.15) is 0 Å². The number of carbonyl (C=O) groups excluding carboxylic acids is 3. The van der Waals surface area contributed by atoms with E-state index in [4.69, 9.17) is 14.2 Å². The molecular weight excluding hydrogens is 769 g/mol. The van der Waals surface area contributed by atoms with E-state index in [1.807, 2.05) is 0 Å². The van der Waals surface area contributed by atoms with Gasteiger partial charge in [0.2, 0.25) is 0 Å². The molecule has 0 heterocycles. The molecule has 0 aliphatic rings. The Morgan fingerprint density at radius 3 is 0.839 bits per heavy atom. The first-order valence-electron chi connectivity index (χ1n) is 27.8. The highest BCUT2D eigenvalue weighted by atomic mass is 16.6. The van der Waals surface area contributed by atoms with E-state index in [2.05, 4.69) is 34.6 Å². The van der Waals surface area contributed by atoms with Gasteiger partial charge in [-0.3, -0.25) is 14.4 Å². The van der Waals surface area contributed by atoms with E-state index in [9.17, 15) is 14.4 Å². The van der Waals surface area contributed by atoms with Crippen molar-refractivity contribution in [3.05, 3.63) is 0 Å². The Labute approximate surface area is 387 Å². The van der Waals surface area contributed by atoms with E-state index >= 15 is 0 Å². The summed E-state index contributed by atoms with van der Waals surface area (Å²) in [7, 11) is 0. The van der Waals surface area contributed by atoms with Crippen molar-refractivity contribution < 1.29 is 28.6 Å². The maximum Gasteiger partial charge on any atom is 0.306 e. The number of hydrogen-bond donors (Lipinski definition) is 0. The Morgan fingerprint density at radius 2 is 0.565 bits per heavy atom. The van der Waals surface area contributed by atoms with Crippen LogP contribution in [0, 0.1) is 11.8 Å². The molecule has 6 heteroatoms. The number of ether oxygens (including phenoxy) is 3. The first-order chi connectivity index (χ1) is 30.3. The number of esters is 3. The summed E-state index contributed by atoms with van der Waals surface area (Å²) >= 11 is 0. The lowest BCUT2D eigenvalue weighted by molar-refractivity contribution is -0.167. The molecule has 2 unspecified atom stereocenters. The molecule has 368 valence electrons. The van der Waals surface area contributed by atoms with Gasteiger partial charge >= 0.3 is 17.9 Å². The van der Waals surface area contributed by atoms with E-state index in [0.717, 1.165) is 69.6 Å². The van der Waals surface area contributed by atoms with Crippen LogP contribution in [-0.2, 0) is 28.6 Å². The minimum atomic E-state index is -0.762. The molecule has 62 heavy (non-hydrogen) atoms. The zero-order valence-corrected chi connectivity index (χ0v) is 42.5. The molecule has 3 atom stereocenters. The summed E-state index contributed by atoms with van der Waals surface area (Å²) in [5.74, 6) is 0.877. The highest BCUT2D eigenvalue weighted by Crippen LogP contribution is 2.19. The largest absolute Gasteiger partial charge is 0.462 e. The minimum Gasteiger partial charge on any atom is -0.462 e. The maximum atomic E-state index is 12.8. The summed E-state index contributed by atoms with van der Waals surface area (Å²) in [6, 6.07) is 0. The Morgan fingerprint density at radius 1 is 0.323 bits per heavy atom. The SMILES string of the molecule is CCCCCCCCCCCCCCC(=O)O[C@@H](COC(=O)CCCCCCCCCCCCCCCCCCCCC(C)CC)COC(=O)CCCCCCCCC(C)CC. The monoisotopic (exact) mass is 877 g/mol. The highest BCUT2D eigenvalue weighted by Gasteiger charge is 2.19. The van der Waals surface area contributed by atoms with Crippen molar-refractivity contribution in [2.75, 3.05) is 13.2 Å². The van der Waals surface area contributed by atoms with Crippen LogP contribution in [-0.4, -0.2) is 37.2 Å². The fraction of sp³-hybridized carbons (Fsp3) is 0.946. The van der Waals surface area contributed by atoms with Gasteiger partial charge in [0.05, 0.1) is 0 Å². The van der Waals surface area contributed by atoms with Crippen LogP contribution in [0.2, 0.25) is 0 Å². The lowest BCUT2D eigenvalue weighted by Gasteiger charge is -2.18. The van der Waals surface area contributed by atoms with Gasteiger partial charge in [-0.05, 0) is 31.1 Å². The van der Waals surface area contributed by atoms with Gasteiger partial charge in [-0.25, -0.2) is 0 Å². The Bertz CT molecular complexity index is 951. The van der Waals surface area contributed by atoms with Gasteiger partial charge in [-0.15, -0.1) is 0 Å². The van der Waals surface area contributed by atoms with E-state index in [0.29, 0.717) is 19.3 Å². The second-order valence-corrected chi connectivity index (χ2v) is 19.7. The van der Waals surface area contributed by atoms with Crippen LogP contribution >= 0.6 is 0 Å². The average molecular weight is 877 g/mol. The molecule has 0 aromatic heterocycles. The van der Waals surface area contributed by atoms with E-state index in [1.54, 1.807) is 0 Å². The standard InChI is InChI=1S/C56H108O6/c1-6-9-10-11-12-13-14-24-28-31-38-43-48-56(59)62-53(50-61-55(58)47-42-37-33-32-35-40-45-52(5)8-3)49-60-54(57)46-41-36-30-27-25-22-20-18-16-15-17-19-21-23-26-29-34-39-44-51(4)7-2/h51-53H,6-50H2,1-5H3/t51?,52?,53-/m0/s1. The van der Waals surface area contributed by atoms with Crippen LogP contribution in [0.15, 0.2) is 0 Å². The molecule has 0 saturated heterocycles. The topological polar surface area (TPSA) is 78.9 Å². The van der Waals surface area contributed by atoms with Crippen LogP contribution in [0.1, 0.15) is 311 Å². The molecule has 0 rings (SSSR count). The molecule has 0 saturated carbocycles. The van der Waals surface area contributed by atoms with Crippen LogP contribution in [0.25, 0.3) is 0 Å². The second kappa shape index (κ2) is 48.9. The molecule has 0 N–H and O–H groups in total. The lowest BCUT2D eigenvalue weighted by Crippen LogP contribution is -2.30. The molecule has 6 nitrogen and oxygen atoms in total. The van der Waals surface area contributed by atoms with E-state index in [1.165, 1.54) is 199 Å².